The van der Waals surface area contributed by atoms with Gasteiger partial charge in [0.15, 0.2) is 11.5 Å². The van der Waals surface area contributed by atoms with Gasteiger partial charge in [0.2, 0.25) is 0 Å². The van der Waals surface area contributed by atoms with Crippen molar-refractivity contribution in [3.8, 4) is 11.5 Å². The SMILES string of the molecule is CCC(CN)c1c(CCN)ccc(OC)c1OC. The summed E-state index contributed by atoms with van der Waals surface area (Å²) in [5, 5.41) is 0. The van der Waals surface area contributed by atoms with Gasteiger partial charge >= 0.3 is 0 Å². The molecule has 0 aliphatic rings. The summed E-state index contributed by atoms with van der Waals surface area (Å²) < 4.78 is 10.9. The molecule has 0 saturated carbocycles. The Hall–Kier alpha value is -1.26. The van der Waals surface area contributed by atoms with E-state index in [1.807, 2.05) is 6.07 Å². The first-order valence-corrected chi connectivity index (χ1v) is 6.37. The molecule has 0 amide bonds. The van der Waals surface area contributed by atoms with Crippen LogP contribution in [-0.4, -0.2) is 27.3 Å². The summed E-state index contributed by atoms with van der Waals surface area (Å²) >= 11 is 0. The molecule has 0 saturated heterocycles. The molecule has 0 fully saturated rings. The first-order valence-electron chi connectivity index (χ1n) is 6.37. The molecule has 1 atom stereocenters. The Morgan fingerprint density at radius 3 is 2.33 bits per heavy atom. The molecule has 0 aliphatic carbocycles. The first kappa shape index (κ1) is 14.8. The van der Waals surface area contributed by atoms with E-state index in [-0.39, 0.29) is 5.92 Å². The lowest BCUT2D eigenvalue weighted by atomic mass is 9.89. The van der Waals surface area contributed by atoms with Crippen molar-refractivity contribution in [2.24, 2.45) is 11.5 Å². The lowest BCUT2D eigenvalue weighted by Crippen LogP contribution is -2.16. The van der Waals surface area contributed by atoms with Crippen LogP contribution in [0.4, 0.5) is 0 Å². The minimum Gasteiger partial charge on any atom is -0.493 e. The molecule has 1 rings (SSSR count). The van der Waals surface area contributed by atoms with E-state index in [2.05, 4.69) is 13.0 Å². The summed E-state index contributed by atoms with van der Waals surface area (Å²) in [6, 6.07) is 3.98. The summed E-state index contributed by atoms with van der Waals surface area (Å²) in [6.45, 7) is 3.34. The number of ether oxygens (including phenoxy) is 2. The van der Waals surface area contributed by atoms with E-state index in [0.717, 1.165) is 29.9 Å². The van der Waals surface area contributed by atoms with Crippen molar-refractivity contribution in [1.29, 1.82) is 0 Å². The molecule has 0 aromatic heterocycles. The molecule has 18 heavy (non-hydrogen) atoms. The van der Waals surface area contributed by atoms with Gasteiger partial charge in [0, 0.05) is 5.56 Å². The zero-order valence-electron chi connectivity index (χ0n) is 11.5. The Morgan fingerprint density at radius 2 is 1.89 bits per heavy atom. The van der Waals surface area contributed by atoms with Gasteiger partial charge < -0.3 is 20.9 Å². The van der Waals surface area contributed by atoms with Crippen LogP contribution in [0.15, 0.2) is 12.1 Å². The quantitative estimate of drug-likeness (QED) is 0.774. The lowest BCUT2D eigenvalue weighted by molar-refractivity contribution is 0.348. The highest BCUT2D eigenvalue weighted by Gasteiger charge is 2.20. The van der Waals surface area contributed by atoms with E-state index in [4.69, 9.17) is 20.9 Å². The fourth-order valence-electron chi connectivity index (χ4n) is 2.30. The van der Waals surface area contributed by atoms with Gasteiger partial charge in [-0.1, -0.05) is 13.0 Å². The van der Waals surface area contributed by atoms with Crippen molar-refractivity contribution in [2.75, 3.05) is 27.3 Å². The Morgan fingerprint density at radius 1 is 1.17 bits per heavy atom. The third-order valence-electron chi connectivity index (χ3n) is 3.27. The van der Waals surface area contributed by atoms with E-state index in [1.54, 1.807) is 14.2 Å². The average molecular weight is 252 g/mol. The van der Waals surface area contributed by atoms with Crippen molar-refractivity contribution in [3.05, 3.63) is 23.3 Å². The van der Waals surface area contributed by atoms with Crippen molar-refractivity contribution in [2.45, 2.75) is 25.7 Å². The maximum atomic E-state index is 5.87. The molecule has 1 aromatic rings. The van der Waals surface area contributed by atoms with Crippen LogP contribution < -0.4 is 20.9 Å². The highest BCUT2D eigenvalue weighted by atomic mass is 16.5. The molecule has 102 valence electrons. The largest absolute Gasteiger partial charge is 0.493 e. The van der Waals surface area contributed by atoms with Gasteiger partial charge in [-0.25, -0.2) is 0 Å². The van der Waals surface area contributed by atoms with Crippen LogP contribution in [0.5, 0.6) is 11.5 Å². The average Bonchev–Trinajstić information content (AvgIpc) is 2.41. The zero-order chi connectivity index (χ0) is 13.5. The second kappa shape index (κ2) is 7.24. The van der Waals surface area contributed by atoms with Gasteiger partial charge in [0.05, 0.1) is 14.2 Å². The normalized spacial score (nSPS) is 12.3. The Kier molecular flexibility index (Phi) is 5.95. The van der Waals surface area contributed by atoms with Gasteiger partial charge in [-0.15, -0.1) is 0 Å². The van der Waals surface area contributed by atoms with Gasteiger partial charge in [-0.05, 0) is 43.5 Å². The van der Waals surface area contributed by atoms with Gasteiger partial charge in [-0.2, -0.15) is 0 Å². The third kappa shape index (κ3) is 2.94. The maximum Gasteiger partial charge on any atom is 0.164 e. The molecule has 0 radical (unpaired) electrons. The maximum absolute atomic E-state index is 5.87. The van der Waals surface area contributed by atoms with Crippen LogP contribution in [0.3, 0.4) is 0 Å². The van der Waals surface area contributed by atoms with Crippen LogP contribution in [-0.2, 0) is 6.42 Å². The monoisotopic (exact) mass is 252 g/mol. The number of rotatable bonds is 7. The molecule has 4 N–H and O–H groups in total. The second-order valence-electron chi connectivity index (χ2n) is 4.25. The standard InChI is InChI=1S/C14H24N2O2/c1-4-10(9-16)13-11(7-8-15)5-6-12(17-2)14(13)18-3/h5-6,10H,4,7-9,15-16H2,1-3H3. The Labute approximate surface area is 109 Å². The zero-order valence-corrected chi connectivity index (χ0v) is 11.5. The van der Waals surface area contributed by atoms with Gasteiger partial charge in [0.25, 0.3) is 0 Å². The van der Waals surface area contributed by atoms with E-state index in [0.29, 0.717) is 13.1 Å². The van der Waals surface area contributed by atoms with E-state index in [1.165, 1.54) is 5.56 Å². The molecule has 0 aliphatic heterocycles. The summed E-state index contributed by atoms with van der Waals surface area (Å²) in [6.07, 6.45) is 1.80. The highest BCUT2D eigenvalue weighted by Crippen LogP contribution is 2.39. The fourth-order valence-corrected chi connectivity index (χ4v) is 2.30. The summed E-state index contributed by atoms with van der Waals surface area (Å²) in [5.74, 6) is 1.82. The first-order chi connectivity index (χ1) is 8.73. The molecule has 0 spiro atoms. The van der Waals surface area contributed by atoms with Crippen LogP contribution in [0, 0.1) is 0 Å². The van der Waals surface area contributed by atoms with E-state index >= 15 is 0 Å². The molecule has 0 heterocycles. The molecule has 0 bridgehead atoms. The van der Waals surface area contributed by atoms with Crippen LogP contribution >= 0.6 is 0 Å². The van der Waals surface area contributed by atoms with Crippen molar-refractivity contribution in [1.82, 2.24) is 0 Å². The summed E-state index contributed by atoms with van der Waals surface area (Å²) in [7, 11) is 3.31. The second-order valence-corrected chi connectivity index (χ2v) is 4.25. The fraction of sp³-hybridized carbons (Fsp3) is 0.571. The van der Waals surface area contributed by atoms with Gasteiger partial charge in [-0.3, -0.25) is 0 Å². The molecule has 1 unspecified atom stereocenters. The number of methoxy groups -OCH3 is 2. The van der Waals surface area contributed by atoms with Crippen molar-refractivity contribution in [3.63, 3.8) is 0 Å². The number of hydrogen-bond acceptors (Lipinski definition) is 4. The molecule has 1 aromatic carbocycles. The Balaban J connectivity index is 3.36. The Bertz CT molecular complexity index is 376. The number of benzene rings is 1. The molecule has 4 nitrogen and oxygen atoms in total. The minimum absolute atomic E-state index is 0.275. The van der Waals surface area contributed by atoms with E-state index in [9.17, 15) is 0 Å². The van der Waals surface area contributed by atoms with Crippen LogP contribution in [0.25, 0.3) is 0 Å². The molecule has 4 heteroatoms. The van der Waals surface area contributed by atoms with Crippen molar-refractivity contribution >= 4 is 0 Å². The topological polar surface area (TPSA) is 70.5 Å². The third-order valence-corrected chi connectivity index (χ3v) is 3.27. The van der Waals surface area contributed by atoms with Gasteiger partial charge in [0.1, 0.15) is 0 Å². The number of hydrogen-bond donors (Lipinski definition) is 2. The summed E-state index contributed by atoms with van der Waals surface area (Å²) in [5.41, 5.74) is 13.9. The predicted octanol–water partition coefficient (Wildman–Crippen LogP) is 1.66. The lowest BCUT2D eigenvalue weighted by Gasteiger charge is -2.22. The summed E-state index contributed by atoms with van der Waals surface area (Å²) in [4.78, 5) is 0. The molecular weight excluding hydrogens is 228 g/mol. The van der Waals surface area contributed by atoms with Crippen molar-refractivity contribution < 1.29 is 9.47 Å². The highest BCUT2D eigenvalue weighted by molar-refractivity contribution is 5.52. The predicted molar refractivity (Wildman–Crippen MR) is 74.4 cm³/mol. The van der Waals surface area contributed by atoms with Crippen LogP contribution in [0.1, 0.15) is 30.4 Å². The smallest absolute Gasteiger partial charge is 0.164 e. The number of nitrogens with two attached hydrogens (primary N) is 2. The van der Waals surface area contributed by atoms with E-state index < -0.39 is 0 Å². The van der Waals surface area contributed by atoms with Crippen LogP contribution in [0.2, 0.25) is 0 Å². The molecular formula is C14H24N2O2. The minimum atomic E-state index is 0.275.